The number of carboxylic acids is 1. The third-order valence-corrected chi connectivity index (χ3v) is 2.73. The van der Waals surface area contributed by atoms with Crippen LogP contribution in [0, 0.1) is 0 Å². The lowest BCUT2D eigenvalue weighted by Crippen LogP contribution is -2.04. The number of rotatable bonds is 5. The number of hydrogen-bond acceptors (Lipinski definition) is 5. The predicted octanol–water partition coefficient (Wildman–Crippen LogP) is 2.54. The molecule has 0 spiro atoms. The van der Waals surface area contributed by atoms with E-state index in [9.17, 15) is 4.79 Å². The maximum absolute atomic E-state index is 11.1. The van der Waals surface area contributed by atoms with E-state index in [-0.39, 0.29) is 5.56 Å². The van der Waals surface area contributed by atoms with Crippen LogP contribution in [0.1, 0.15) is 10.4 Å². The fraction of sp³-hybridized carbons (Fsp3) is 0.143. The number of aromatic carboxylic acids is 1. The fourth-order valence-corrected chi connectivity index (χ4v) is 1.72. The molecule has 1 aromatic heterocycles. The van der Waals surface area contributed by atoms with Gasteiger partial charge in [0, 0.05) is 18.5 Å². The summed E-state index contributed by atoms with van der Waals surface area (Å²) in [6, 6.07) is 6.81. The first-order valence-corrected chi connectivity index (χ1v) is 5.82. The van der Waals surface area contributed by atoms with Gasteiger partial charge in [0.2, 0.25) is 0 Å². The van der Waals surface area contributed by atoms with E-state index >= 15 is 0 Å². The van der Waals surface area contributed by atoms with Crippen molar-refractivity contribution in [3.63, 3.8) is 0 Å². The average Bonchev–Trinajstić information content (AvgIpc) is 2.48. The summed E-state index contributed by atoms with van der Waals surface area (Å²) in [5, 5.41) is 12.1. The maximum atomic E-state index is 11.1. The summed E-state index contributed by atoms with van der Waals surface area (Å²) >= 11 is 0. The molecule has 0 unspecified atom stereocenters. The van der Waals surface area contributed by atoms with Crippen molar-refractivity contribution in [2.45, 2.75) is 0 Å². The summed E-state index contributed by atoms with van der Waals surface area (Å²) in [5.41, 5.74) is 1.17. The molecule has 1 aromatic carbocycles. The molecule has 0 amide bonds. The highest BCUT2D eigenvalue weighted by Crippen LogP contribution is 2.32. The molecule has 20 heavy (non-hydrogen) atoms. The number of ether oxygens (including phenoxy) is 2. The Bertz CT molecular complexity index is 628. The summed E-state index contributed by atoms with van der Waals surface area (Å²) in [6.07, 6.45) is 2.81. The van der Waals surface area contributed by atoms with Gasteiger partial charge >= 0.3 is 5.97 Å². The summed E-state index contributed by atoms with van der Waals surface area (Å²) in [4.78, 5) is 14.9. The van der Waals surface area contributed by atoms with Crippen molar-refractivity contribution in [1.82, 2.24) is 4.98 Å². The van der Waals surface area contributed by atoms with E-state index in [1.807, 2.05) is 0 Å². The minimum atomic E-state index is -1.05. The molecular weight excluding hydrogens is 260 g/mol. The van der Waals surface area contributed by atoms with Gasteiger partial charge < -0.3 is 19.9 Å². The van der Waals surface area contributed by atoms with E-state index in [0.29, 0.717) is 22.9 Å². The summed E-state index contributed by atoms with van der Waals surface area (Å²) in [7, 11) is 3.10. The second-order valence-electron chi connectivity index (χ2n) is 3.92. The van der Waals surface area contributed by atoms with E-state index in [4.69, 9.17) is 14.6 Å². The molecule has 0 aliphatic rings. The molecule has 0 bridgehead atoms. The summed E-state index contributed by atoms with van der Waals surface area (Å²) in [6.45, 7) is 0. The minimum Gasteiger partial charge on any atom is -0.497 e. The van der Waals surface area contributed by atoms with Crippen molar-refractivity contribution >= 4 is 17.3 Å². The van der Waals surface area contributed by atoms with E-state index < -0.39 is 5.97 Å². The minimum absolute atomic E-state index is 0.0883. The molecule has 104 valence electrons. The van der Waals surface area contributed by atoms with Gasteiger partial charge in [0.1, 0.15) is 17.1 Å². The Morgan fingerprint density at radius 3 is 2.65 bits per heavy atom. The predicted molar refractivity (Wildman–Crippen MR) is 74.0 cm³/mol. The zero-order chi connectivity index (χ0) is 14.5. The van der Waals surface area contributed by atoms with Crippen LogP contribution in [0.4, 0.5) is 11.4 Å². The number of carboxylic acid groups (broad SMARTS) is 1. The highest BCUT2D eigenvalue weighted by Gasteiger charge is 2.12. The third kappa shape index (κ3) is 2.80. The van der Waals surface area contributed by atoms with Gasteiger partial charge in [0.15, 0.2) is 0 Å². The molecule has 6 nitrogen and oxygen atoms in total. The van der Waals surface area contributed by atoms with Gasteiger partial charge in [-0.15, -0.1) is 0 Å². The van der Waals surface area contributed by atoms with Crippen molar-refractivity contribution < 1.29 is 19.4 Å². The van der Waals surface area contributed by atoms with Gasteiger partial charge in [-0.05, 0) is 18.2 Å². The van der Waals surface area contributed by atoms with Gasteiger partial charge in [-0.2, -0.15) is 0 Å². The topological polar surface area (TPSA) is 80.7 Å². The first-order valence-electron chi connectivity index (χ1n) is 5.82. The molecule has 0 aliphatic heterocycles. The van der Waals surface area contributed by atoms with Crippen LogP contribution in [0.3, 0.4) is 0 Å². The monoisotopic (exact) mass is 274 g/mol. The van der Waals surface area contributed by atoms with Crippen molar-refractivity contribution in [3.05, 3.63) is 42.2 Å². The highest BCUT2D eigenvalue weighted by molar-refractivity contribution is 5.95. The Labute approximate surface area is 116 Å². The van der Waals surface area contributed by atoms with E-state index in [2.05, 4.69) is 10.3 Å². The first-order chi connectivity index (χ1) is 9.65. The smallest absolute Gasteiger partial charge is 0.339 e. The second-order valence-corrected chi connectivity index (χ2v) is 3.92. The first kappa shape index (κ1) is 13.7. The standard InChI is InChI=1S/C14H14N2O4/c1-19-9-3-4-12(13(7-9)20-2)16-11-5-6-15-8-10(11)14(17)18/h3-8H,1-2H3,(H,15,16)(H,17,18). The normalized spacial score (nSPS) is 9.90. The number of nitrogens with zero attached hydrogens (tertiary/aromatic N) is 1. The quantitative estimate of drug-likeness (QED) is 0.872. The molecule has 2 rings (SSSR count). The lowest BCUT2D eigenvalue weighted by molar-refractivity contribution is 0.0697. The molecule has 0 fully saturated rings. The van der Waals surface area contributed by atoms with E-state index in [1.54, 1.807) is 31.4 Å². The molecule has 6 heteroatoms. The number of nitrogens with one attached hydrogen (secondary N) is 1. The Hall–Kier alpha value is -2.76. The van der Waals surface area contributed by atoms with Crippen molar-refractivity contribution in [1.29, 1.82) is 0 Å². The number of benzene rings is 1. The van der Waals surface area contributed by atoms with E-state index in [1.165, 1.54) is 19.5 Å². The zero-order valence-electron chi connectivity index (χ0n) is 11.1. The zero-order valence-corrected chi connectivity index (χ0v) is 11.1. The number of carbonyl (C=O) groups is 1. The average molecular weight is 274 g/mol. The SMILES string of the molecule is COc1ccc(Nc2ccncc2C(=O)O)c(OC)c1. The Morgan fingerprint density at radius 2 is 2.00 bits per heavy atom. The number of pyridine rings is 1. The van der Waals surface area contributed by atoms with E-state index in [0.717, 1.165) is 0 Å². The third-order valence-electron chi connectivity index (χ3n) is 2.73. The number of methoxy groups -OCH3 is 2. The van der Waals surface area contributed by atoms with Crippen LogP contribution in [0.2, 0.25) is 0 Å². The van der Waals surface area contributed by atoms with Crippen LogP contribution >= 0.6 is 0 Å². The largest absolute Gasteiger partial charge is 0.497 e. The Morgan fingerprint density at radius 1 is 1.20 bits per heavy atom. The molecular formula is C14H14N2O4. The molecule has 0 aliphatic carbocycles. The molecule has 2 aromatic rings. The van der Waals surface area contributed by atoms with Gasteiger partial charge in [0.05, 0.1) is 25.6 Å². The van der Waals surface area contributed by atoms with Gasteiger partial charge in [-0.1, -0.05) is 0 Å². The molecule has 0 atom stereocenters. The number of hydrogen-bond donors (Lipinski definition) is 2. The van der Waals surface area contributed by atoms with Crippen LogP contribution < -0.4 is 14.8 Å². The summed E-state index contributed by atoms with van der Waals surface area (Å²) in [5.74, 6) is 0.158. The lowest BCUT2D eigenvalue weighted by atomic mass is 10.2. The van der Waals surface area contributed by atoms with Crippen molar-refractivity contribution in [3.8, 4) is 11.5 Å². The Kier molecular flexibility index (Phi) is 4.05. The Balaban J connectivity index is 2.37. The fourth-order valence-electron chi connectivity index (χ4n) is 1.72. The maximum Gasteiger partial charge on any atom is 0.339 e. The van der Waals surface area contributed by atoms with Crippen molar-refractivity contribution in [2.24, 2.45) is 0 Å². The second kappa shape index (κ2) is 5.92. The lowest BCUT2D eigenvalue weighted by Gasteiger charge is -2.13. The number of anilines is 2. The molecule has 2 N–H and O–H groups in total. The van der Waals surface area contributed by atoms with Crippen LogP contribution in [-0.2, 0) is 0 Å². The van der Waals surface area contributed by atoms with Crippen LogP contribution in [0.15, 0.2) is 36.7 Å². The summed E-state index contributed by atoms with van der Waals surface area (Å²) < 4.78 is 10.4. The van der Waals surface area contributed by atoms with Gasteiger partial charge in [-0.3, -0.25) is 4.98 Å². The van der Waals surface area contributed by atoms with Gasteiger partial charge in [0.25, 0.3) is 0 Å². The molecule has 0 saturated carbocycles. The molecule has 0 radical (unpaired) electrons. The van der Waals surface area contributed by atoms with Crippen LogP contribution in [0.5, 0.6) is 11.5 Å². The highest BCUT2D eigenvalue weighted by atomic mass is 16.5. The van der Waals surface area contributed by atoms with Crippen molar-refractivity contribution in [2.75, 3.05) is 19.5 Å². The van der Waals surface area contributed by atoms with Crippen LogP contribution in [0.25, 0.3) is 0 Å². The molecule has 1 heterocycles. The van der Waals surface area contributed by atoms with Gasteiger partial charge in [-0.25, -0.2) is 4.79 Å². The molecule has 0 saturated heterocycles. The number of aromatic nitrogens is 1. The van der Waals surface area contributed by atoms with Crippen LogP contribution in [-0.4, -0.2) is 30.3 Å².